The number of fused-ring (bicyclic) bond motifs is 1. The number of rotatable bonds is 0. The number of H-pyrrole nitrogens is 1. The summed E-state index contributed by atoms with van der Waals surface area (Å²) in [6.45, 7) is 0. The van der Waals surface area contributed by atoms with Gasteiger partial charge in [0.1, 0.15) is 0 Å². The summed E-state index contributed by atoms with van der Waals surface area (Å²) in [6, 6.07) is 13.8. The standard InChI is InChI=1S/C10H9NO/c1-2-4-6-9-8-11-12-10(9)7-5-3-1/h1-8,11H. The molecular weight excluding hydrogens is 150 g/mol. The molecule has 2 rings (SSSR count). The third-order valence-electron chi connectivity index (χ3n) is 1.64. The van der Waals surface area contributed by atoms with Gasteiger partial charge >= 0.3 is 0 Å². The fourth-order valence-corrected chi connectivity index (χ4v) is 1.04. The highest BCUT2D eigenvalue weighted by molar-refractivity contribution is 5.54. The molecule has 0 saturated heterocycles. The van der Waals surface area contributed by atoms with Gasteiger partial charge in [0, 0.05) is 11.8 Å². The van der Waals surface area contributed by atoms with Gasteiger partial charge in [-0.2, -0.15) is 0 Å². The van der Waals surface area contributed by atoms with Crippen LogP contribution in [0.1, 0.15) is 0 Å². The maximum absolute atomic E-state index is 5.14. The van der Waals surface area contributed by atoms with E-state index in [9.17, 15) is 0 Å². The molecule has 0 radical (unpaired) electrons. The van der Waals surface area contributed by atoms with E-state index >= 15 is 0 Å². The van der Waals surface area contributed by atoms with Crippen molar-refractivity contribution in [1.29, 1.82) is 0 Å². The lowest BCUT2D eigenvalue weighted by molar-refractivity contribution is 0.434. The van der Waals surface area contributed by atoms with Gasteiger partial charge in [-0.15, -0.1) is 0 Å². The summed E-state index contributed by atoms with van der Waals surface area (Å²) in [5, 5.41) is 2.70. The molecule has 0 aromatic carbocycles. The van der Waals surface area contributed by atoms with Crippen molar-refractivity contribution in [3.63, 3.8) is 0 Å². The number of aromatic amines is 1. The van der Waals surface area contributed by atoms with Gasteiger partial charge in [0.05, 0.1) is 0 Å². The zero-order chi connectivity index (χ0) is 8.23. The van der Waals surface area contributed by atoms with Gasteiger partial charge in [0.2, 0.25) is 0 Å². The summed E-state index contributed by atoms with van der Waals surface area (Å²) in [4.78, 5) is 0. The molecule has 12 heavy (non-hydrogen) atoms. The van der Waals surface area contributed by atoms with E-state index in [0.29, 0.717) is 0 Å². The molecule has 2 aliphatic rings. The number of hydrogen-bond acceptors (Lipinski definition) is 1. The van der Waals surface area contributed by atoms with E-state index in [1.165, 1.54) is 0 Å². The maximum Gasteiger partial charge on any atom is 0.163 e. The quantitative estimate of drug-likeness (QED) is 0.629. The Hall–Kier alpha value is -1.70. The van der Waals surface area contributed by atoms with Crippen molar-refractivity contribution in [3.8, 4) is 11.3 Å². The van der Waals surface area contributed by atoms with Crippen LogP contribution in [0.3, 0.4) is 0 Å². The molecule has 1 heterocycles. The minimum Gasteiger partial charge on any atom is -0.382 e. The van der Waals surface area contributed by atoms with Crippen LogP contribution < -0.4 is 0 Å². The predicted molar refractivity (Wildman–Crippen MR) is 47.3 cm³/mol. The first-order valence-electron chi connectivity index (χ1n) is 3.81. The van der Waals surface area contributed by atoms with Gasteiger partial charge < -0.3 is 4.52 Å². The van der Waals surface area contributed by atoms with Gasteiger partial charge in [0.15, 0.2) is 5.76 Å². The molecule has 1 aliphatic heterocycles. The van der Waals surface area contributed by atoms with Crippen molar-refractivity contribution in [2.75, 3.05) is 0 Å². The molecule has 1 aliphatic carbocycles. The van der Waals surface area contributed by atoms with Gasteiger partial charge in [-0.3, -0.25) is 0 Å². The first-order chi connectivity index (χ1) is 5.97. The monoisotopic (exact) mass is 159 g/mol. The molecule has 0 bridgehead atoms. The van der Waals surface area contributed by atoms with E-state index < -0.39 is 0 Å². The number of nitrogens with one attached hydrogen (secondary N) is 1. The smallest absolute Gasteiger partial charge is 0.163 e. The van der Waals surface area contributed by atoms with Crippen molar-refractivity contribution >= 4 is 0 Å². The lowest BCUT2D eigenvalue weighted by Crippen LogP contribution is -1.62. The lowest BCUT2D eigenvalue weighted by Gasteiger charge is -1.82. The highest BCUT2D eigenvalue weighted by Gasteiger charge is 1.97. The van der Waals surface area contributed by atoms with Crippen molar-refractivity contribution in [2.24, 2.45) is 0 Å². The van der Waals surface area contributed by atoms with Crippen molar-refractivity contribution in [2.45, 2.75) is 0 Å². The van der Waals surface area contributed by atoms with Gasteiger partial charge in [-0.05, 0) is 12.1 Å². The van der Waals surface area contributed by atoms with Crippen LogP contribution in [0, 0.1) is 0 Å². The molecule has 0 aromatic rings. The first kappa shape index (κ1) is 6.98. The first-order valence-corrected chi connectivity index (χ1v) is 3.81. The normalized spacial score (nSPS) is 9.67. The van der Waals surface area contributed by atoms with E-state index in [4.69, 9.17) is 4.52 Å². The Morgan fingerprint density at radius 2 is 1.67 bits per heavy atom. The topological polar surface area (TPSA) is 28.9 Å². The Kier molecular flexibility index (Phi) is 1.82. The second-order valence-electron chi connectivity index (χ2n) is 2.48. The molecule has 0 atom stereocenters. The summed E-state index contributed by atoms with van der Waals surface area (Å²) in [5.41, 5.74) is 1.06. The van der Waals surface area contributed by atoms with Crippen LogP contribution in [0.25, 0.3) is 11.3 Å². The van der Waals surface area contributed by atoms with Gasteiger partial charge in [-0.1, -0.05) is 30.3 Å². The van der Waals surface area contributed by atoms with Crippen LogP contribution in [0.5, 0.6) is 0 Å². The van der Waals surface area contributed by atoms with Crippen LogP contribution in [0.15, 0.2) is 53.2 Å². The third-order valence-corrected chi connectivity index (χ3v) is 1.64. The Labute approximate surface area is 70.5 Å². The Morgan fingerprint density at radius 3 is 2.58 bits per heavy atom. The molecule has 1 N–H and O–H groups in total. The van der Waals surface area contributed by atoms with Crippen LogP contribution >= 0.6 is 0 Å². The highest BCUT2D eigenvalue weighted by atomic mass is 16.5. The maximum atomic E-state index is 5.14. The summed E-state index contributed by atoms with van der Waals surface area (Å²) in [5.74, 6) is 0.853. The fraction of sp³-hybridized carbons (Fsp3) is 0. The number of aromatic nitrogens is 1. The van der Waals surface area contributed by atoms with E-state index in [2.05, 4.69) is 5.16 Å². The average Bonchev–Trinajstić information content (AvgIpc) is 2.50. The van der Waals surface area contributed by atoms with E-state index in [1.807, 2.05) is 48.7 Å². The largest absolute Gasteiger partial charge is 0.382 e. The Balaban J connectivity index is 2.65. The molecule has 60 valence electrons. The van der Waals surface area contributed by atoms with Crippen molar-refractivity contribution in [1.82, 2.24) is 5.16 Å². The lowest BCUT2D eigenvalue weighted by atomic mass is 10.2. The van der Waals surface area contributed by atoms with Gasteiger partial charge in [-0.25, -0.2) is 5.16 Å². The highest BCUT2D eigenvalue weighted by Crippen LogP contribution is 2.16. The third kappa shape index (κ3) is 1.32. The van der Waals surface area contributed by atoms with E-state index in [-0.39, 0.29) is 0 Å². The van der Waals surface area contributed by atoms with E-state index in [0.717, 1.165) is 11.3 Å². The second kappa shape index (κ2) is 3.13. The Bertz CT molecular complexity index is 340. The minimum atomic E-state index is 0.853. The van der Waals surface area contributed by atoms with Crippen LogP contribution in [0.2, 0.25) is 0 Å². The van der Waals surface area contributed by atoms with E-state index in [1.54, 1.807) is 0 Å². The molecule has 0 spiro atoms. The molecule has 0 fully saturated rings. The van der Waals surface area contributed by atoms with Crippen molar-refractivity contribution < 1.29 is 4.52 Å². The van der Waals surface area contributed by atoms with Crippen molar-refractivity contribution in [3.05, 3.63) is 48.7 Å². The molecule has 2 nitrogen and oxygen atoms in total. The molecule has 0 saturated carbocycles. The number of hydrogen-bond donors (Lipinski definition) is 1. The van der Waals surface area contributed by atoms with Gasteiger partial charge in [0.25, 0.3) is 0 Å². The fourth-order valence-electron chi connectivity index (χ4n) is 1.04. The van der Waals surface area contributed by atoms with Crippen LogP contribution in [0.4, 0.5) is 0 Å². The average molecular weight is 159 g/mol. The molecule has 2 heteroatoms. The predicted octanol–water partition coefficient (Wildman–Crippen LogP) is 2.84. The minimum absolute atomic E-state index is 0.853. The summed E-state index contributed by atoms with van der Waals surface area (Å²) < 4.78 is 5.14. The molecule has 0 amide bonds. The zero-order valence-corrected chi connectivity index (χ0v) is 6.53. The van der Waals surface area contributed by atoms with Crippen LogP contribution in [-0.4, -0.2) is 5.16 Å². The summed E-state index contributed by atoms with van der Waals surface area (Å²) in [7, 11) is 0. The summed E-state index contributed by atoms with van der Waals surface area (Å²) >= 11 is 0. The Morgan fingerprint density at radius 1 is 0.917 bits per heavy atom. The summed E-state index contributed by atoms with van der Waals surface area (Å²) in [6.07, 6.45) is 1.83. The second-order valence-corrected chi connectivity index (χ2v) is 2.48. The van der Waals surface area contributed by atoms with Crippen LogP contribution in [-0.2, 0) is 0 Å². The SMILES string of the molecule is c1cccc2c[nH]oc-2ccc1. The molecular formula is C10H9NO. The zero-order valence-electron chi connectivity index (χ0n) is 6.53. The molecule has 0 unspecified atom stereocenters. The molecule has 0 aromatic heterocycles.